The fraction of sp³-hybridized carbons (Fsp3) is 0.444. The molecule has 0 saturated carbocycles. The second kappa shape index (κ2) is 10.9. The fourth-order valence-electron chi connectivity index (χ4n) is 6.19. The number of amides is 1. The lowest BCUT2D eigenvalue weighted by Crippen LogP contribution is -2.46. The van der Waals surface area contributed by atoms with E-state index in [0.717, 1.165) is 29.6 Å². The Bertz CT molecular complexity index is 1330. The van der Waals surface area contributed by atoms with Gasteiger partial charge in [0.25, 0.3) is 5.91 Å². The van der Waals surface area contributed by atoms with Crippen molar-refractivity contribution < 1.29 is 19.4 Å². The summed E-state index contributed by atoms with van der Waals surface area (Å²) in [4.78, 5) is 27.7. The van der Waals surface area contributed by atoms with Crippen molar-refractivity contribution in [3.8, 4) is 0 Å². The van der Waals surface area contributed by atoms with E-state index in [4.69, 9.17) is 4.74 Å². The van der Waals surface area contributed by atoms with Crippen molar-refractivity contribution >= 4 is 65.1 Å². The second-order valence-electron chi connectivity index (χ2n) is 10.8. The maximum atomic E-state index is 14.4. The number of aryl methyl sites for hydroxylation is 1. The zero-order valence-corrected chi connectivity index (χ0v) is 27.0. The van der Waals surface area contributed by atoms with Crippen LogP contribution < -0.4 is 4.90 Å². The quantitative estimate of drug-likeness (QED) is 0.260. The summed E-state index contributed by atoms with van der Waals surface area (Å²) in [6.45, 7) is 6.99. The van der Waals surface area contributed by atoms with Crippen LogP contribution in [-0.2, 0) is 34.6 Å². The molecule has 3 heterocycles. The molecule has 11 heteroatoms. The van der Waals surface area contributed by atoms with Gasteiger partial charge in [-0.3, -0.25) is 9.48 Å². The van der Waals surface area contributed by atoms with E-state index in [1.807, 2.05) is 36.3 Å². The molecule has 4 atom stereocenters. The molecule has 202 valence electrons. The van der Waals surface area contributed by atoms with E-state index < -0.39 is 13.9 Å². The molecule has 8 nitrogen and oxygen atoms in total. The van der Waals surface area contributed by atoms with Gasteiger partial charge in [0.1, 0.15) is 0 Å². The zero-order valence-electron chi connectivity index (χ0n) is 21.6. The SMILES string of the molecule is C[C@H]1[C@H]([Si](C)(C)O)[C@@H](CCn2cc(CCO)nn2)O[C@]12C(=O)N(Cc1ccc(I)cc1)c1ccc(I)cc12. The predicted molar refractivity (Wildman–Crippen MR) is 164 cm³/mol. The molecule has 1 saturated heterocycles. The molecular weight excluding hydrogens is 726 g/mol. The summed E-state index contributed by atoms with van der Waals surface area (Å²) in [5.41, 5.74) is 2.27. The molecule has 2 aliphatic heterocycles. The van der Waals surface area contributed by atoms with Crippen molar-refractivity contribution in [2.45, 2.75) is 63.2 Å². The third-order valence-electron chi connectivity index (χ3n) is 7.80. The molecule has 2 aliphatic rings. The lowest BCUT2D eigenvalue weighted by atomic mass is 9.82. The number of anilines is 1. The van der Waals surface area contributed by atoms with Gasteiger partial charge in [-0.25, -0.2) is 0 Å². The van der Waals surface area contributed by atoms with E-state index in [9.17, 15) is 14.7 Å². The van der Waals surface area contributed by atoms with E-state index in [1.54, 1.807) is 4.68 Å². The lowest BCUT2D eigenvalue weighted by Gasteiger charge is -2.32. The first kappa shape index (κ1) is 28.1. The molecule has 1 fully saturated rings. The molecule has 0 bridgehead atoms. The van der Waals surface area contributed by atoms with Crippen LogP contribution in [0, 0.1) is 13.1 Å². The zero-order chi connectivity index (χ0) is 27.2. The molecule has 0 unspecified atom stereocenters. The van der Waals surface area contributed by atoms with Gasteiger partial charge < -0.3 is 19.5 Å². The van der Waals surface area contributed by atoms with Crippen LogP contribution in [0.25, 0.3) is 0 Å². The number of rotatable bonds is 8. The maximum Gasteiger partial charge on any atom is 0.264 e. The number of nitrogens with zero attached hydrogens (tertiary/aromatic N) is 4. The summed E-state index contributed by atoms with van der Waals surface area (Å²) in [5.74, 6) is -0.261. The minimum Gasteiger partial charge on any atom is -0.432 e. The van der Waals surface area contributed by atoms with Crippen molar-refractivity contribution in [1.29, 1.82) is 0 Å². The van der Waals surface area contributed by atoms with Crippen LogP contribution in [0.4, 0.5) is 5.69 Å². The molecule has 1 spiro atoms. The van der Waals surface area contributed by atoms with Gasteiger partial charge in [-0.1, -0.05) is 24.3 Å². The lowest BCUT2D eigenvalue weighted by molar-refractivity contribution is -0.146. The van der Waals surface area contributed by atoms with E-state index >= 15 is 0 Å². The Labute approximate surface area is 251 Å². The summed E-state index contributed by atoms with van der Waals surface area (Å²) in [5, 5.41) is 17.5. The molecule has 5 rings (SSSR count). The van der Waals surface area contributed by atoms with Gasteiger partial charge in [-0.05, 0) is 101 Å². The van der Waals surface area contributed by atoms with Crippen molar-refractivity contribution in [3.05, 3.63) is 72.6 Å². The number of hydrogen-bond donors (Lipinski definition) is 2. The molecule has 3 aromatic rings. The van der Waals surface area contributed by atoms with Gasteiger partial charge in [0, 0.05) is 49.9 Å². The number of carbonyl (C=O) groups excluding carboxylic acids is 1. The van der Waals surface area contributed by atoms with Crippen molar-refractivity contribution in [1.82, 2.24) is 15.0 Å². The topological polar surface area (TPSA) is 101 Å². The minimum absolute atomic E-state index is 0.0237. The summed E-state index contributed by atoms with van der Waals surface area (Å²) in [6.07, 6.45) is 2.58. The monoisotopic (exact) mass is 758 g/mol. The van der Waals surface area contributed by atoms with Crippen LogP contribution >= 0.6 is 45.2 Å². The van der Waals surface area contributed by atoms with Crippen LogP contribution in [-0.4, -0.2) is 51.8 Å². The van der Waals surface area contributed by atoms with Crippen LogP contribution in [0.2, 0.25) is 18.6 Å². The number of aliphatic hydroxyl groups excluding tert-OH is 1. The van der Waals surface area contributed by atoms with E-state index in [-0.39, 0.29) is 30.1 Å². The van der Waals surface area contributed by atoms with Crippen LogP contribution in [0.5, 0.6) is 0 Å². The first-order chi connectivity index (χ1) is 18.0. The van der Waals surface area contributed by atoms with Crippen molar-refractivity contribution in [2.75, 3.05) is 11.5 Å². The highest BCUT2D eigenvalue weighted by molar-refractivity contribution is 14.1. The molecule has 0 radical (unpaired) electrons. The summed E-state index contributed by atoms with van der Waals surface area (Å²) < 4.78 is 10.8. The molecule has 1 aromatic heterocycles. The highest BCUT2D eigenvalue weighted by Gasteiger charge is 2.66. The number of aromatic nitrogens is 3. The number of benzene rings is 2. The molecular formula is C27H32I2N4O4Si. The number of aliphatic hydroxyl groups is 1. The Morgan fingerprint density at radius 2 is 1.84 bits per heavy atom. The fourth-order valence-corrected chi connectivity index (χ4v) is 9.64. The first-order valence-electron chi connectivity index (χ1n) is 12.8. The third kappa shape index (κ3) is 5.09. The van der Waals surface area contributed by atoms with Gasteiger partial charge in [0.2, 0.25) is 0 Å². The average Bonchev–Trinajstić information content (AvgIpc) is 3.50. The summed E-state index contributed by atoms with van der Waals surface area (Å²) >= 11 is 4.57. The predicted octanol–water partition coefficient (Wildman–Crippen LogP) is 4.46. The summed E-state index contributed by atoms with van der Waals surface area (Å²) in [7, 11) is -2.73. The minimum atomic E-state index is -2.73. The summed E-state index contributed by atoms with van der Waals surface area (Å²) in [6, 6.07) is 14.3. The van der Waals surface area contributed by atoms with Gasteiger partial charge in [-0.2, -0.15) is 0 Å². The molecule has 2 N–H and O–H groups in total. The Morgan fingerprint density at radius 1 is 1.13 bits per heavy atom. The first-order valence-corrected chi connectivity index (χ1v) is 18.0. The standard InChI is InChI=1S/C27H32I2N4O4Si/c1-17-25(38(2,3)36)24(10-12-32-16-21(11-13-34)30-31-32)37-27(17)22-14-20(29)8-9-23(22)33(26(27)35)15-18-4-6-19(28)7-5-18/h4-9,14,16-17,24-25,34,36H,10-13,15H2,1-3H3/t17-,24+,25-,27+/m0/s1. The van der Waals surface area contributed by atoms with Gasteiger partial charge in [0.05, 0.1) is 24.0 Å². The van der Waals surface area contributed by atoms with E-state index in [1.165, 1.54) is 0 Å². The van der Waals surface area contributed by atoms with Crippen LogP contribution in [0.3, 0.4) is 0 Å². The second-order valence-corrected chi connectivity index (χ2v) is 17.2. The Morgan fingerprint density at radius 3 is 2.53 bits per heavy atom. The Hall–Kier alpha value is -1.39. The van der Waals surface area contributed by atoms with Gasteiger partial charge in [-0.15, -0.1) is 5.10 Å². The van der Waals surface area contributed by atoms with Crippen molar-refractivity contribution in [3.63, 3.8) is 0 Å². The Kier molecular flexibility index (Phi) is 8.06. The van der Waals surface area contributed by atoms with E-state index in [0.29, 0.717) is 25.9 Å². The molecule has 0 aliphatic carbocycles. The molecule has 2 aromatic carbocycles. The van der Waals surface area contributed by atoms with Gasteiger partial charge in [0.15, 0.2) is 13.9 Å². The van der Waals surface area contributed by atoms with E-state index in [2.05, 4.69) is 92.7 Å². The smallest absolute Gasteiger partial charge is 0.264 e. The highest BCUT2D eigenvalue weighted by atomic mass is 127. The van der Waals surface area contributed by atoms with Crippen LogP contribution in [0.15, 0.2) is 48.7 Å². The number of ether oxygens (including phenoxy) is 1. The average molecular weight is 758 g/mol. The maximum absolute atomic E-state index is 14.4. The largest absolute Gasteiger partial charge is 0.432 e. The molecule has 1 amide bonds. The normalized spacial score (nSPS) is 25.0. The number of hydrogen-bond acceptors (Lipinski definition) is 6. The number of halogens is 2. The number of fused-ring (bicyclic) bond motifs is 2. The highest BCUT2D eigenvalue weighted by Crippen LogP contribution is 2.60. The van der Waals surface area contributed by atoms with Gasteiger partial charge >= 0.3 is 0 Å². The number of carbonyl (C=O) groups is 1. The van der Waals surface area contributed by atoms with Crippen LogP contribution in [0.1, 0.15) is 30.2 Å². The van der Waals surface area contributed by atoms with Crippen molar-refractivity contribution in [2.24, 2.45) is 5.92 Å². The molecule has 38 heavy (non-hydrogen) atoms. The Balaban J connectivity index is 1.50. The third-order valence-corrected chi connectivity index (χ3v) is 11.7.